The highest BCUT2D eigenvalue weighted by Crippen LogP contribution is 2.20. The summed E-state index contributed by atoms with van der Waals surface area (Å²) in [6, 6.07) is 5.21. The Bertz CT molecular complexity index is 505. The van der Waals surface area contributed by atoms with E-state index in [-0.39, 0.29) is 5.88 Å². The van der Waals surface area contributed by atoms with E-state index in [2.05, 4.69) is 10.0 Å². The van der Waals surface area contributed by atoms with Gasteiger partial charge in [-0.3, -0.25) is 4.72 Å². The first kappa shape index (κ1) is 15.1. The molecule has 1 unspecified atom stereocenters. The molecule has 1 aromatic rings. The molecule has 7 heteroatoms. The highest BCUT2D eigenvalue weighted by atomic mass is 35.5. The van der Waals surface area contributed by atoms with Crippen molar-refractivity contribution in [2.24, 2.45) is 0 Å². The molecule has 1 rings (SSSR count). The zero-order valence-corrected chi connectivity index (χ0v) is 11.8. The Hall–Kier alpha value is -0.980. The first-order valence-corrected chi connectivity index (χ1v) is 7.81. The third-order valence-electron chi connectivity index (χ3n) is 2.24. The quantitative estimate of drug-likeness (QED) is 0.692. The van der Waals surface area contributed by atoms with Crippen LogP contribution in [-0.2, 0) is 10.0 Å². The number of sulfonamides is 1. The minimum atomic E-state index is -3.27. The normalized spacial score (nSPS) is 13.1. The van der Waals surface area contributed by atoms with Crippen molar-refractivity contribution in [3.8, 4) is 0 Å². The molecule has 102 valence electrons. The Labute approximate surface area is 112 Å². The van der Waals surface area contributed by atoms with Crippen LogP contribution in [0.1, 0.15) is 5.56 Å². The number of aliphatic hydroxyl groups excluding tert-OH is 1. The predicted octanol–water partition coefficient (Wildman–Crippen LogP) is 1.38. The smallest absolute Gasteiger partial charge is 0.229 e. The number of hydrogen-bond acceptors (Lipinski definition) is 4. The van der Waals surface area contributed by atoms with Crippen molar-refractivity contribution >= 4 is 33.0 Å². The summed E-state index contributed by atoms with van der Waals surface area (Å²) in [5, 5.41) is 12.3. The maximum absolute atomic E-state index is 11.1. The molecule has 0 saturated heterocycles. The van der Waals surface area contributed by atoms with Crippen molar-refractivity contribution in [2.45, 2.75) is 13.0 Å². The lowest BCUT2D eigenvalue weighted by Gasteiger charge is -2.13. The van der Waals surface area contributed by atoms with E-state index < -0.39 is 16.1 Å². The molecule has 1 atom stereocenters. The molecular formula is C11H17ClN2O3S. The molecule has 0 aromatic heterocycles. The summed E-state index contributed by atoms with van der Waals surface area (Å²) in [5.74, 6) is 0.166. The standard InChI is InChI=1S/C11H17ClN2O3S/c1-8-5-9(13-7-10(15)6-12)3-4-11(8)14-18(2,16)17/h3-5,10,13-15H,6-7H2,1-2H3. The van der Waals surface area contributed by atoms with Gasteiger partial charge >= 0.3 is 0 Å². The number of aliphatic hydroxyl groups is 1. The molecule has 0 aliphatic heterocycles. The monoisotopic (exact) mass is 292 g/mol. The summed E-state index contributed by atoms with van der Waals surface area (Å²) in [6.45, 7) is 2.15. The second-order valence-corrected chi connectivity index (χ2v) is 6.15. The molecular weight excluding hydrogens is 276 g/mol. The number of anilines is 2. The van der Waals surface area contributed by atoms with Gasteiger partial charge in [-0.15, -0.1) is 11.6 Å². The van der Waals surface area contributed by atoms with E-state index in [1.165, 1.54) is 0 Å². The number of rotatable bonds is 6. The van der Waals surface area contributed by atoms with E-state index in [9.17, 15) is 13.5 Å². The van der Waals surface area contributed by atoms with Crippen molar-refractivity contribution < 1.29 is 13.5 Å². The average Bonchev–Trinajstić information content (AvgIpc) is 2.27. The average molecular weight is 293 g/mol. The van der Waals surface area contributed by atoms with Crippen LogP contribution in [-0.4, -0.2) is 38.3 Å². The summed E-state index contributed by atoms with van der Waals surface area (Å²) in [7, 11) is -3.27. The van der Waals surface area contributed by atoms with Crippen LogP contribution in [0.2, 0.25) is 0 Å². The summed E-state index contributed by atoms with van der Waals surface area (Å²) in [4.78, 5) is 0. The first-order chi connectivity index (χ1) is 8.31. The number of alkyl halides is 1. The minimum Gasteiger partial charge on any atom is -0.390 e. The van der Waals surface area contributed by atoms with Crippen LogP contribution >= 0.6 is 11.6 Å². The Kier molecular flexibility index (Phi) is 5.25. The number of nitrogens with one attached hydrogen (secondary N) is 2. The summed E-state index contributed by atoms with van der Waals surface area (Å²) in [5.41, 5.74) is 2.14. The van der Waals surface area contributed by atoms with Gasteiger partial charge in [-0.05, 0) is 30.7 Å². The predicted molar refractivity (Wildman–Crippen MR) is 74.9 cm³/mol. The second kappa shape index (κ2) is 6.26. The van der Waals surface area contributed by atoms with Crippen molar-refractivity contribution in [1.82, 2.24) is 0 Å². The van der Waals surface area contributed by atoms with Crippen molar-refractivity contribution in [3.05, 3.63) is 23.8 Å². The van der Waals surface area contributed by atoms with Crippen molar-refractivity contribution in [2.75, 3.05) is 28.7 Å². The van der Waals surface area contributed by atoms with Crippen molar-refractivity contribution in [3.63, 3.8) is 0 Å². The molecule has 0 heterocycles. The van der Waals surface area contributed by atoms with Crippen molar-refractivity contribution in [1.29, 1.82) is 0 Å². The number of halogens is 1. The van der Waals surface area contributed by atoms with Crippen LogP contribution in [0.5, 0.6) is 0 Å². The van der Waals surface area contributed by atoms with Gasteiger partial charge in [0.05, 0.1) is 23.9 Å². The van der Waals surface area contributed by atoms with E-state index in [4.69, 9.17) is 11.6 Å². The molecule has 0 aliphatic carbocycles. The maximum atomic E-state index is 11.1. The third-order valence-corrected chi connectivity index (χ3v) is 3.19. The Morgan fingerprint density at radius 3 is 2.61 bits per heavy atom. The zero-order chi connectivity index (χ0) is 13.8. The molecule has 0 fully saturated rings. The summed E-state index contributed by atoms with van der Waals surface area (Å²) < 4.78 is 24.7. The summed E-state index contributed by atoms with van der Waals surface area (Å²) in [6.07, 6.45) is 0.496. The number of benzene rings is 1. The maximum Gasteiger partial charge on any atom is 0.229 e. The van der Waals surface area contributed by atoms with Gasteiger partial charge in [-0.25, -0.2) is 8.42 Å². The SMILES string of the molecule is Cc1cc(NCC(O)CCl)ccc1NS(C)(=O)=O. The lowest BCUT2D eigenvalue weighted by molar-refractivity contribution is 0.211. The Morgan fingerprint density at radius 1 is 1.44 bits per heavy atom. The third kappa shape index (κ3) is 5.12. The lowest BCUT2D eigenvalue weighted by atomic mass is 10.2. The number of hydrogen-bond donors (Lipinski definition) is 3. The Morgan fingerprint density at radius 2 is 2.11 bits per heavy atom. The van der Waals surface area contributed by atoms with E-state index in [0.717, 1.165) is 17.5 Å². The van der Waals surface area contributed by atoms with Crippen LogP contribution in [0.15, 0.2) is 18.2 Å². The largest absolute Gasteiger partial charge is 0.390 e. The zero-order valence-electron chi connectivity index (χ0n) is 10.3. The fourth-order valence-corrected chi connectivity index (χ4v) is 2.12. The molecule has 0 spiro atoms. The number of aryl methyl sites for hydroxylation is 1. The highest BCUT2D eigenvalue weighted by Gasteiger charge is 2.06. The molecule has 5 nitrogen and oxygen atoms in total. The molecule has 18 heavy (non-hydrogen) atoms. The molecule has 0 bridgehead atoms. The van der Waals surface area contributed by atoms with Gasteiger partial charge in [0.2, 0.25) is 10.0 Å². The topological polar surface area (TPSA) is 78.4 Å². The minimum absolute atomic E-state index is 0.166. The van der Waals surface area contributed by atoms with Gasteiger partial charge in [0.25, 0.3) is 0 Å². The van der Waals surface area contributed by atoms with E-state index in [1.54, 1.807) is 25.1 Å². The molecule has 3 N–H and O–H groups in total. The van der Waals surface area contributed by atoms with Gasteiger partial charge in [0.15, 0.2) is 0 Å². The van der Waals surface area contributed by atoms with Gasteiger partial charge < -0.3 is 10.4 Å². The van der Waals surface area contributed by atoms with Gasteiger partial charge in [0, 0.05) is 12.2 Å². The highest BCUT2D eigenvalue weighted by molar-refractivity contribution is 7.92. The van der Waals surface area contributed by atoms with Crippen LogP contribution < -0.4 is 10.0 Å². The van der Waals surface area contributed by atoms with E-state index in [0.29, 0.717) is 12.2 Å². The summed E-state index contributed by atoms with van der Waals surface area (Å²) >= 11 is 5.48. The van der Waals surface area contributed by atoms with Gasteiger partial charge in [-0.2, -0.15) is 0 Å². The van der Waals surface area contributed by atoms with Crippen LogP contribution in [0.4, 0.5) is 11.4 Å². The fraction of sp³-hybridized carbons (Fsp3) is 0.455. The van der Waals surface area contributed by atoms with Crippen LogP contribution in [0.3, 0.4) is 0 Å². The van der Waals surface area contributed by atoms with Crippen LogP contribution in [0.25, 0.3) is 0 Å². The first-order valence-electron chi connectivity index (χ1n) is 5.38. The molecule has 0 amide bonds. The van der Waals surface area contributed by atoms with Gasteiger partial charge in [0.1, 0.15) is 0 Å². The van der Waals surface area contributed by atoms with Gasteiger partial charge in [-0.1, -0.05) is 0 Å². The fourth-order valence-electron chi connectivity index (χ4n) is 1.38. The lowest BCUT2D eigenvalue weighted by Crippen LogP contribution is -2.20. The Balaban J connectivity index is 2.73. The van der Waals surface area contributed by atoms with E-state index in [1.807, 2.05) is 0 Å². The second-order valence-electron chi connectivity index (χ2n) is 4.09. The molecule has 0 radical (unpaired) electrons. The molecule has 0 saturated carbocycles. The molecule has 1 aromatic carbocycles. The molecule has 0 aliphatic rings. The van der Waals surface area contributed by atoms with Crippen LogP contribution in [0, 0.1) is 6.92 Å². The van der Waals surface area contributed by atoms with E-state index >= 15 is 0 Å².